The number of hydrazone groups is 1. The van der Waals surface area contributed by atoms with Gasteiger partial charge in [-0.3, -0.25) is 4.79 Å². The highest BCUT2D eigenvalue weighted by Gasteiger charge is 2.11. The van der Waals surface area contributed by atoms with Gasteiger partial charge in [-0.25, -0.2) is 5.43 Å². The summed E-state index contributed by atoms with van der Waals surface area (Å²) in [6.07, 6.45) is 2.86. The quantitative estimate of drug-likeness (QED) is 0.652. The molecule has 0 atom stereocenters. The lowest BCUT2D eigenvalue weighted by atomic mass is 10.2. The molecule has 0 saturated heterocycles. The van der Waals surface area contributed by atoms with E-state index in [2.05, 4.69) is 10.5 Å². The monoisotopic (exact) mass is 304 g/mol. The van der Waals surface area contributed by atoms with Gasteiger partial charge in [-0.15, -0.1) is 0 Å². The third kappa shape index (κ3) is 3.38. The number of carbonyl (C=O) groups excluding carboxylic acids is 1. The van der Waals surface area contributed by atoms with E-state index >= 15 is 0 Å². The van der Waals surface area contributed by atoms with Crippen molar-refractivity contribution in [3.8, 4) is 17.2 Å². The van der Waals surface area contributed by atoms with E-state index in [0.717, 1.165) is 0 Å². The Morgan fingerprint density at radius 3 is 2.41 bits per heavy atom. The first-order valence-corrected chi connectivity index (χ1v) is 6.36. The molecule has 1 aromatic carbocycles. The summed E-state index contributed by atoms with van der Waals surface area (Å²) in [5, 5.41) is 3.88. The largest absolute Gasteiger partial charge is 0.496 e. The molecule has 1 N–H and O–H groups in total. The first kappa shape index (κ1) is 15.4. The number of benzene rings is 1. The van der Waals surface area contributed by atoms with Crippen LogP contribution in [-0.2, 0) is 0 Å². The van der Waals surface area contributed by atoms with Crippen molar-refractivity contribution in [3.63, 3.8) is 0 Å². The molecule has 1 aromatic heterocycles. The van der Waals surface area contributed by atoms with Gasteiger partial charge in [0.05, 0.1) is 33.8 Å². The molecule has 0 spiro atoms. The summed E-state index contributed by atoms with van der Waals surface area (Å²) in [4.78, 5) is 11.7. The van der Waals surface area contributed by atoms with Gasteiger partial charge in [0.2, 0.25) is 0 Å². The predicted octanol–water partition coefficient (Wildman–Crippen LogP) is 2.07. The van der Waals surface area contributed by atoms with Crippen molar-refractivity contribution in [2.24, 2.45) is 5.10 Å². The highest BCUT2D eigenvalue weighted by atomic mass is 16.5. The minimum Gasteiger partial charge on any atom is -0.496 e. The van der Waals surface area contributed by atoms with Crippen molar-refractivity contribution < 1.29 is 23.4 Å². The summed E-state index contributed by atoms with van der Waals surface area (Å²) in [5.74, 6) is 1.34. The molecule has 0 fully saturated rings. The summed E-state index contributed by atoms with van der Waals surface area (Å²) in [7, 11) is 4.60. The molecule has 0 aliphatic heterocycles. The van der Waals surface area contributed by atoms with Gasteiger partial charge < -0.3 is 18.6 Å². The number of hydrogen-bond donors (Lipinski definition) is 1. The molecular weight excluding hydrogens is 288 g/mol. The van der Waals surface area contributed by atoms with Crippen LogP contribution >= 0.6 is 0 Å². The molecule has 1 amide bonds. The maximum absolute atomic E-state index is 11.7. The van der Waals surface area contributed by atoms with Gasteiger partial charge in [-0.1, -0.05) is 0 Å². The number of carbonyl (C=O) groups is 1. The van der Waals surface area contributed by atoms with Gasteiger partial charge >= 0.3 is 5.91 Å². The lowest BCUT2D eigenvalue weighted by molar-refractivity contribution is 0.0927. The molecule has 116 valence electrons. The van der Waals surface area contributed by atoms with E-state index in [1.165, 1.54) is 33.8 Å². The smallest absolute Gasteiger partial charge is 0.307 e. The van der Waals surface area contributed by atoms with Crippen molar-refractivity contribution in [2.45, 2.75) is 0 Å². The molecule has 0 unspecified atom stereocenters. The van der Waals surface area contributed by atoms with Crippen LogP contribution in [0.5, 0.6) is 17.2 Å². The Bertz CT molecular complexity index is 665. The Morgan fingerprint density at radius 1 is 1.14 bits per heavy atom. The number of ether oxygens (including phenoxy) is 3. The van der Waals surface area contributed by atoms with Crippen LogP contribution < -0.4 is 19.6 Å². The molecule has 0 aliphatic carbocycles. The van der Waals surface area contributed by atoms with Crippen molar-refractivity contribution in [1.29, 1.82) is 0 Å². The SMILES string of the molecule is COc1cc(OC)c(OC)cc1/C=N\NC(=O)c1ccco1. The zero-order chi connectivity index (χ0) is 15.9. The van der Waals surface area contributed by atoms with Crippen LogP contribution in [0.4, 0.5) is 0 Å². The predicted molar refractivity (Wildman–Crippen MR) is 79.9 cm³/mol. The molecule has 0 aliphatic rings. The average Bonchev–Trinajstić information content (AvgIpc) is 3.08. The van der Waals surface area contributed by atoms with E-state index < -0.39 is 5.91 Å². The lowest BCUT2D eigenvalue weighted by Crippen LogP contribution is -2.16. The molecule has 1 heterocycles. The number of methoxy groups -OCH3 is 3. The van der Waals surface area contributed by atoms with Gasteiger partial charge in [-0.05, 0) is 18.2 Å². The Kier molecular flexibility index (Phi) is 5.02. The molecule has 0 radical (unpaired) electrons. The van der Waals surface area contributed by atoms with Crippen molar-refractivity contribution in [2.75, 3.05) is 21.3 Å². The second-order valence-electron chi connectivity index (χ2n) is 4.13. The maximum Gasteiger partial charge on any atom is 0.307 e. The number of hydrogen-bond acceptors (Lipinski definition) is 6. The molecule has 7 heteroatoms. The molecular formula is C15H16N2O5. The van der Waals surface area contributed by atoms with Gasteiger partial charge in [0.25, 0.3) is 0 Å². The summed E-state index contributed by atoms with van der Waals surface area (Å²) in [5.41, 5.74) is 2.98. The molecule has 22 heavy (non-hydrogen) atoms. The minimum absolute atomic E-state index is 0.177. The van der Waals surface area contributed by atoms with Gasteiger partial charge in [-0.2, -0.15) is 5.10 Å². The van der Waals surface area contributed by atoms with Crippen LogP contribution in [0.15, 0.2) is 40.0 Å². The highest BCUT2D eigenvalue weighted by Crippen LogP contribution is 2.33. The number of furan rings is 1. The maximum atomic E-state index is 11.7. The van der Waals surface area contributed by atoms with Gasteiger partial charge in [0.1, 0.15) is 5.75 Å². The van der Waals surface area contributed by atoms with Crippen molar-refractivity contribution in [1.82, 2.24) is 5.43 Å². The zero-order valence-corrected chi connectivity index (χ0v) is 12.5. The Morgan fingerprint density at radius 2 is 1.82 bits per heavy atom. The van der Waals surface area contributed by atoms with E-state index in [1.807, 2.05) is 0 Å². The topological polar surface area (TPSA) is 82.3 Å². The first-order valence-electron chi connectivity index (χ1n) is 6.36. The highest BCUT2D eigenvalue weighted by molar-refractivity contribution is 5.92. The van der Waals surface area contributed by atoms with Crippen LogP contribution in [0.2, 0.25) is 0 Å². The molecule has 7 nitrogen and oxygen atoms in total. The van der Waals surface area contributed by atoms with E-state index in [1.54, 1.807) is 24.3 Å². The molecule has 0 bridgehead atoms. The number of nitrogens with one attached hydrogen (secondary N) is 1. The first-order chi connectivity index (χ1) is 10.7. The molecule has 0 saturated carbocycles. The Hall–Kier alpha value is -2.96. The van der Waals surface area contributed by atoms with Crippen LogP contribution in [0.25, 0.3) is 0 Å². The Labute approximate surface area is 127 Å². The minimum atomic E-state index is -0.444. The normalized spacial score (nSPS) is 10.5. The van der Waals surface area contributed by atoms with Crippen molar-refractivity contribution in [3.05, 3.63) is 41.9 Å². The van der Waals surface area contributed by atoms with Gasteiger partial charge in [0.15, 0.2) is 17.3 Å². The second kappa shape index (κ2) is 7.16. The number of nitrogens with zero attached hydrogens (tertiary/aromatic N) is 1. The lowest BCUT2D eigenvalue weighted by Gasteiger charge is -2.11. The second-order valence-corrected chi connectivity index (χ2v) is 4.13. The summed E-state index contributed by atoms with van der Waals surface area (Å²) in [6, 6.07) is 6.53. The summed E-state index contributed by atoms with van der Waals surface area (Å²) in [6.45, 7) is 0. The number of rotatable bonds is 6. The molecule has 2 rings (SSSR count). The summed E-state index contributed by atoms with van der Waals surface area (Å²) >= 11 is 0. The van der Waals surface area contributed by atoms with Crippen molar-refractivity contribution >= 4 is 12.1 Å². The van der Waals surface area contributed by atoms with E-state index in [-0.39, 0.29) is 5.76 Å². The van der Waals surface area contributed by atoms with Gasteiger partial charge in [0, 0.05) is 11.6 Å². The zero-order valence-electron chi connectivity index (χ0n) is 12.5. The third-order valence-electron chi connectivity index (χ3n) is 2.85. The van der Waals surface area contributed by atoms with Crippen LogP contribution in [0.1, 0.15) is 16.1 Å². The fourth-order valence-electron chi connectivity index (χ4n) is 1.78. The molecule has 2 aromatic rings. The average molecular weight is 304 g/mol. The summed E-state index contributed by atoms with van der Waals surface area (Å²) < 4.78 is 20.6. The van der Waals surface area contributed by atoms with E-state index in [4.69, 9.17) is 18.6 Å². The Balaban J connectivity index is 2.17. The standard InChI is InChI=1S/C15H16N2O5/c1-19-12-8-14(21-3)13(20-2)7-10(12)9-16-17-15(18)11-5-4-6-22-11/h4-9H,1-3H3,(H,17,18)/b16-9-. The van der Waals surface area contributed by atoms with Crippen LogP contribution in [-0.4, -0.2) is 33.5 Å². The van der Waals surface area contributed by atoms with E-state index in [9.17, 15) is 4.79 Å². The van der Waals surface area contributed by atoms with E-state index in [0.29, 0.717) is 22.8 Å². The fourth-order valence-corrected chi connectivity index (χ4v) is 1.78. The van der Waals surface area contributed by atoms with Crippen LogP contribution in [0.3, 0.4) is 0 Å². The fraction of sp³-hybridized carbons (Fsp3) is 0.200. The number of amides is 1. The van der Waals surface area contributed by atoms with Crippen LogP contribution in [0, 0.1) is 0 Å². The third-order valence-corrected chi connectivity index (χ3v) is 2.85.